The molecule has 1 aromatic heterocycles. The molecule has 0 fully saturated rings. The first kappa shape index (κ1) is 18.5. The Labute approximate surface area is 158 Å². The fraction of sp³-hybridized carbons (Fsp3) is 0.238. The molecule has 3 rings (SSSR count). The predicted octanol–water partition coefficient (Wildman–Crippen LogP) is 2.88. The average Bonchev–Trinajstić information content (AvgIpc) is 2.66. The van der Waals surface area contributed by atoms with Gasteiger partial charge in [0, 0.05) is 31.8 Å². The van der Waals surface area contributed by atoms with Crippen molar-refractivity contribution in [2.75, 3.05) is 14.1 Å². The van der Waals surface area contributed by atoms with Crippen LogP contribution in [0.1, 0.15) is 37.7 Å². The molecule has 0 unspecified atom stereocenters. The van der Waals surface area contributed by atoms with Crippen molar-refractivity contribution in [2.24, 2.45) is 0 Å². The molecule has 2 amide bonds. The number of rotatable bonds is 4. The third kappa shape index (κ3) is 4.11. The minimum absolute atomic E-state index is 0.0478. The third-order valence-electron chi connectivity index (χ3n) is 4.40. The smallest absolute Gasteiger partial charge is 0.253 e. The van der Waals surface area contributed by atoms with Crippen molar-refractivity contribution in [1.29, 1.82) is 0 Å². The molecule has 0 saturated carbocycles. The van der Waals surface area contributed by atoms with E-state index >= 15 is 0 Å². The van der Waals surface area contributed by atoms with Crippen LogP contribution >= 0.6 is 0 Å². The average molecular weight is 362 g/mol. The van der Waals surface area contributed by atoms with Gasteiger partial charge in [0.25, 0.3) is 11.8 Å². The fourth-order valence-electron chi connectivity index (χ4n) is 2.68. The number of nitrogens with zero attached hydrogens (tertiary/aromatic N) is 3. The normalized spacial score (nSPS) is 10.7. The number of benzene rings is 2. The van der Waals surface area contributed by atoms with E-state index in [1.165, 1.54) is 4.90 Å². The predicted molar refractivity (Wildman–Crippen MR) is 105 cm³/mol. The van der Waals surface area contributed by atoms with Crippen LogP contribution in [0.15, 0.2) is 42.5 Å². The molecule has 138 valence electrons. The standard InChI is InChI=1S/C21H22N4O2/c1-13-14(2)24-19-11-17(9-10-18(19)23-13)20(26)22-12-15-5-7-16(8-6-15)21(27)25(3)4/h5-11H,12H2,1-4H3,(H,22,26). The summed E-state index contributed by atoms with van der Waals surface area (Å²) < 4.78 is 0. The molecule has 0 aliphatic heterocycles. The van der Waals surface area contributed by atoms with Crippen molar-refractivity contribution in [2.45, 2.75) is 20.4 Å². The number of carbonyl (C=O) groups excluding carboxylic acids is 2. The van der Waals surface area contributed by atoms with Crippen LogP contribution in [0.3, 0.4) is 0 Å². The van der Waals surface area contributed by atoms with Crippen molar-refractivity contribution in [3.63, 3.8) is 0 Å². The summed E-state index contributed by atoms with van der Waals surface area (Å²) in [5.74, 6) is -0.223. The van der Waals surface area contributed by atoms with E-state index in [0.717, 1.165) is 22.5 Å². The first-order valence-electron chi connectivity index (χ1n) is 8.69. The Morgan fingerprint density at radius 3 is 2.11 bits per heavy atom. The molecule has 0 aliphatic carbocycles. The molecule has 27 heavy (non-hydrogen) atoms. The maximum absolute atomic E-state index is 12.5. The lowest BCUT2D eigenvalue weighted by Gasteiger charge is -2.11. The van der Waals surface area contributed by atoms with Crippen LogP contribution in [0.5, 0.6) is 0 Å². The molecule has 3 aromatic rings. The zero-order valence-corrected chi connectivity index (χ0v) is 15.9. The summed E-state index contributed by atoms with van der Waals surface area (Å²) >= 11 is 0. The second-order valence-electron chi connectivity index (χ2n) is 6.68. The van der Waals surface area contributed by atoms with E-state index in [1.807, 2.05) is 32.0 Å². The third-order valence-corrected chi connectivity index (χ3v) is 4.40. The zero-order valence-electron chi connectivity index (χ0n) is 15.9. The van der Waals surface area contributed by atoms with Gasteiger partial charge in [-0.15, -0.1) is 0 Å². The largest absolute Gasteiger partial charge is 0.348 e. The lowest BCUT2D eigenvalue weighted by Crippen LogP contribution is -2.23. The van der Waals surface area contributed by atoms with Gasteiger partial charge in [-0.1, -0.05) is 12.1 Å². The Kier molecular flexibility index (Phi) is 5.16. The summed E-state index contributed by atoms with van der Waals surface area (Å²) in [6, 6.07) is 12.5. The second kappa shape index (κ2) is 7.53. The second-order valence-corrected chi connectivity index (χ2v) is 6.68. The van der Waals surface area contributed by atoms with Crippen molar-refractivity contribution in [3.8, 4) is 0 Å². The van der Waals surface area contributed by atoms with Gasteiger partial charge in [0.15, 0.2) is 0 Å². The quantitative estimate of drug-likeness (QED) is 0.774. The van der Waals surface area contributed by atoms with Crippen LogP contribution in [-0.4, -0.2) is 40.8 Å². The molecule has 0 radical (unpaired) electrons. The Hall–Kier alpha value is -3.28. The Morgan fingerprint density at radius 2 is 1.48 bits per heavy atom. The first-order valence-corrected chi connectivity index (χ1v) is 8.69. The Bertz CT molecular complexity index is 1010. The van der Waals surface area contributed by atoms with Gasteiger partial charge in [-0.3, -0.25) is 9.59 Å². The van der Waals surface area contributed by atoms with Crippen LogP contribution in [0.4, 0.5) is 0 Å². The molecule has 6 heteroatoms. The molecule has 0 aliphatic rings. The van der Waals surface area contributed by atoms with E-state index in [1.54, 1.807) is 38.4 Å². The topological polar surface area (TPSA) is 75.2 Å². The van der Waals surface area contributed by atoms with Gasteiger partial charge in [-0.05, 0) is 49.7 Å². The summed E-state index contributed by atoms with van der Waals surface area (Å²) in [5.41, 5.74) is 5.30. The van der Waals surface area contributed by atoms with Gasteiger partial charge in [0.2, 0.25) is 0 Å². The molecule has 0 bridgehead atoms. The number of hydrogen-bond donors (Lipinski definition) is 1. The fourth-order valence-corrected chi connectivity index (χ4v) is 2.68. The Morgan fingerprint density at radius 1 is 0.889 bits per heavy atom. The molecule has 1 heterocycles. The van der Waals surface area contributed by atoms with E-state index in [9.17, 15) is 9.59 Å². The summed E-state index contributed by atoms with van der Waals surface area (Å²) in [6.45, 7) is 4.20. The van der Waals surface area contributed by atoms with E-state index < -0.39 is 0 Å². The maximum Gasteiger partial charge on any atom is 0.253 e. The summed E-state index contributed by atoms with van der Waals surface area (Å²) in [6.07, 6.45) is 0. The van der Waals surface area contributed by atoms with Crippen molar-refractivity contribution in [3.05, 3.63) is 70.5 Å². The molecule has 0 atom stereocenters. The minimum atomic E-state index is -0.176. The van der Waals surface area contributed by atoms with E-state index in [0.29, 0.717) is 23.2 Å². The number of amides is 2. The van der Waals surface area contributed by atoms with Crippen molar-refractivity contribution in [1.82, 2.24) is 20.2 Å². The minimum Gasteiger partial charge on any atom is -0.348 e. The Balaban J connectivity index is 1.69. The summed E-state index contributed by atoms with van der Waals surface area (Å²) in [4.78, 5) is 34.9. The number of nitrogens with one attached hydrogen (secondary N) is 1. The van der Waals surface area contributed by atoms with E-state index in [2.05, 4.69) is 15.3 Å². The van der Waals surface area contributed by atoms with Crippen LogP contribution in [0.25, 0.3) is 11.0 Å². The lowest BCUT2D eigenvalue weighted by atomic mass is 10.1. The molecule has 0 spiro atoms. The van der Waals surface area contributed by atoms with E-state index in [4.69, 9.17) is 0 Å². The SMILES string of the molecule is Cc1nc2ccc(C(=O)NCc3ccc(C(=O)N(C)C)cc3)cc2nc1C. The molecule has 6 nitrogen and oxygen atoms in total. The van der Waals surface area contributed by atoms with Crippen LogP contribution in [0.2, 0.25) is 0 Å². The summed E-state index contributed by atoms with van der Waals surface area (Å²) in [7, 11) is 3.43. The number of carbonyl (C=O) groups is 2. The van der Waals surface area contributed by atoms with Gasteiger partial charge < -0.3 is 10.2 Å². The first-order chi connectivity index (χ1) is 12.8. The monoisotopic (exact) mass is 362 g/mol. The molecule has 1 N–H and O–H groups in total. The van der Waals surface area contributed by atoms with Crippen LogP contribution in [-0.2, 0) is 6.54 Å². The molecular weight excluding hydrogens is 340 g/mol. The highest BCUT2D eigenvalue weighted by Crippen LogP contribution is 2.15. The number of aromatic nitrogens is 2. The highest BCUT2D eigenvalue weighted by Gasteiger charge is 2.10. The van der Waals surface area contributed by atoms with Gasteiger partial charge >= 0.3 is 0 Å². The van der Waals surface area contributed by atoms with E-state index in [-0.39, 0.29) is 11.8 Å². The van der Waals surface area contributed by atoms with Crippen molar-refractivity contribution >= 4 is 22.8 Å². The highest BCUT2D eigenvalue weighted by atomic mass is 16.2. The van der Waals surface area contributed by atoms with Crippen LogP contribution in [0, 0.1) is 13.8 Å². The molecular formula is C21H22N4O2. The highest BCUT2D eigenvalue weighted by molar-refractivity contribution is 5.97. The lowest BCUT2D eigenvalue weighted by molar-refractivity contribution is 0.0827. The van der Waals surface area contributed by atoms with Gasteiger partial charge in [0.05, 0.1) is 22.4 Å². The maximum atomic E-state index is 12.5. The van der Waals surface area contributed by atoms with Crippen LogP contribution < -0.4 is 5.32 Å². The van der Waals surface area contributed by atoms with Gasteiger partial charge in [0.1, 0.15) is 0 Å². The summed E-state index contributed by atoms with van der Waals surface area (Å²) in [5, 5.41) is 2.89. The number of fused-ring (bicyclic) bond motifs is 1. The van der Waals surface area contributed by atoms with Crippen molar-refractivity contribution < 1.29 is 9.59 Å². The van der Waals surface area contributed by atoms with Gasteiger partial charge in [-0.2, -0.15) is 0 Å². The number of aryl methyl sites for hydroxylation is 2. The molecule has 0 saturated heterocycles. The van der Waals surface area contributed by atoms with Gasteiger partial charge in [-0.25, -0.2) is 9.97 Å². The zero-order chi connectivity index (χ0) is 19.6. The molecule has 2 aromatic carbocycles. The number of hydrogen-bond acceptors (Lipinski definition) is 4.